The summed E-state index contributed by atoms with van der Waals surface area (Å²) in [6.45, 7) is 6.65. The number of benzene rings is 2. The topological polar surface area (TPSA) is 50.1 Å². The molecule has 2 aromatic rings. The Balaban J connectivity index is 1.47. The standard InChI is InChI=1S/C33H45NO2/c1-4-5-6-7-8-9-10-26-13-16-28(17-14-26)29-18-20-30(21-19-29)33(35)36-32-22-15-27(12-11-25(2)3)23-31(32)24-34/h15,18-23,25-26,28H,4-14,16-17H2,1-3H3. The Morgan fingerprint density at radius 1 is 0.972 bits per heavy atom. The van der Waals surface area contributed by atoms with Crippen LogP contribution in [-0.4, -0.2) is 5.97 Å². The van der Waals surface area contributed by atoms with Crippen molar-refractivity contribution in [3.63, 3.8) is 0 Å². The summed E-state index contributed by atoms with van der Waals surface area (Å²) in [6.07, 6.45) is 16.8. The minimum absolute atomic E-state index is 0.337. The number of rotatable bonds is 13. The van der Waals surface area contributed by atoms with Crippen molar-refractivity contribution in [2.75, 3.05) is 0 Å². The summed E-state index contributed by atoms with van der Waals surface area (Å²) >= 11 is 0. The van der Waals surface area contributed by atoms with E-state index in [0.29, 0.717) is 28.7 Å². The average molecular weight is 488 g/mol. The molecule has 0 aliphatic heterocycles. The Morgan fingerprint density at radius 3 is 2.33 bits per heavy atom. The Bertz CT molecular complexity index is 978. The van der Waals surface area contributed by atoms with Crippen molar-refractivity contribution in [3.05, 3.63) is 64.7 Å². The van der Waals surface area contributed by atoms with Gasteiger partial charge < -0.3 is 4.74 Å². The van der Waals surface area contributed by atoms with Crippen molar-refractivity contribution in [1.29, 1.82) is 5.26 Å². The maximum Gasteiger partial charge on any atom is 0.343 e. The van der Waals surface area contributed by atoms with Crippen molar-refractivity contribution in [1.82, 2.24) is 0 Å². The second-order valence-corrected chi connectivity index (χ2v) is 11.2. The third-order valence-electron chi connectivity index (χ3n) is 7.81. The molecule has 1 aliphatic carbocycles. The lowest BCUT2D eigenvalue weighted by Gasteiger charge is -2.29. The molecule has 1 saturated carbocycles. The molecular formula is C33H45NO2. The molecule has 36 heavy (non-hydrogen) atoms. The van der Waals surface area contributed by atoms with Gasteiger partial charge in [0.2, 0.25) is 0 Å². The average Bonchev–Trinajstić information content (AvgIpc) is 2.90. The SMILES string of the molecule is CCCCCCCCC1CCC(c2ccc(C(=O)Oc3ccc(CCC(C)C)cc3C#N)cc2)CC1. The van der Waals surface area contributed by atoms with Crippen LogP contribution in [0.2, 0.25) is 0 Å². The molecule has 0 unspecified atom stereocenters. The van der Waals surface area contributed by atoms with Gasteiger partial charge in [0, 0.05) is 0 Å². The normalized spacial score (nSPS) is 17.6. The molecule has 0 amide bonds. The van der Waals surface area contributed by atoms with Gasteiger partial charge in [0.05, 0.1) is 11.1 Å². The van der Waals surface area contributed by atoms with Gasteiger partial charge in [-0.1, -0.05) is 83.9 Å². The zero-order valence-electron chi connectivity index (χ0n) is 22.7. The summed E-state index contributed by atoms with van der Waals surface area (Å²) in [6, 6.07) is 15.7. The first kappa shape index (κ1) is 28.0. The van der Waals surface area contributed by atoms with Crippen LogP contribution in [0.25, 0.3) is 0 Å². The molecule has 0 bridgehead atoms. The second-order valence-electron chi connectivity index (χ2n) is 11.2. The van der Waals surface area contributed by atoms with E-state index in [1.165, 1.54) is 76.2 Å². The van der Waals surface area contributed by atoms with Crippen LogP contribution in [0.3, 0.4) is 0 Å². The largest absolute Gasteiger partial charge is 0.422 e. The first-order valence-electron chi connectivity index (χ1n) is 14.3. The van der Waals surface area contributed by atoms with E-state index in [1.807, 2.05) is 24.3 Å². The first-order chi connectivity index (χ1) is 17.5. The fourth-order valence-electron chi connectivity index (χ4n) is 5.41. The fourth-order valence-corrected chi connectivity index (χ4v) is 5.41. The molecule has 3 rings (SSSR count). The third kappa shape index (κ3) is 8.81. The number of esters is 1. The van der Waals surface area contributed by atoms with Crippen LogP contribution in [0, 0.1) is 23.2 Å². The quantitative estimate of drug-likeness (QED) is 0.161. The molecule has 0 N–H and O–H groups in total. The van der Waals surface area contributed by atoms with Crippen LogP contribution in [0.1, 0.15) is 131 Å². The number of carbonyl (C=O) groups excluding carboxylic acids is 1. The number of aryl methyl sites for hydroxylation is 1. The van der Waals surface area contributed by atoms with E-state index >= 15 is 0 Å². The molecule has 0 aromatic heterocycles. The lowest BCUT2D eigenvalue weighted by atomic mass is 9.77. The maximum absolute atomic E-state index is 12.8. The molecule has 1 fully saturated rings. The summed E-state index contributed by atoms with van der Waals surface area (Å²) in [5.41, 5.74) is 3.38. The van der Waals surface area contributed by atoms with E-state index in [0.717, 1.165) is 24.3 Å². The van der Waals surface area contributed by atoms with Gasteiger partial charge >= 0.3 is 5.97 Å². The molecule has 0 heterocycles. The van der Waals surface area contributed by atoms with Crippen molar-refractivity contribution >= 4 is 5.97 Å². The predicted octanol–water partition coefficient (Wildman–Crippen LogP) is 9.39. The zero-order chi connectivity index (χ0) is 25.8. The summed E-state index contributed by atoms with van der Waals surface area (Å²) < 4.78 is 5.61. The highest BCUT2D eigenvalue weighted by molar-refractivity contribution is 5.91. The Morgan fingerprint density at radius 2 is 1.67 bits per heavy atom. The number of hydrogen-bond acceptors (Lipinski definition) is 3. The lowest BCUT2D eigenvalue weighted by molar-refractivity contribution is 0.0734. The number of unbranched alkanes of at least 4 members (excludes halogenated alkanes) is 5. The van der Waals surface area contributed by atoms with Gasteiger partial charge in [-0.2, -0.15) is 5.26 Å². The minimum Gasteiger partial charge on any atom is -0.422 e. The number of carbonyl (C=O) groups is 1. The summed E-state index contributed by atoms with van der Waals surface area (Å²) in [7, 11) is 0. The van der Waals surface area contributed by atoms with Gasteiger partial charge in [-0.15, -0.1) is 0 Å². The van der Waals surface area contributed by atoms with Crippen molar-refractivity contribution in [3.8, 4) is 11.8 Å². The van der Waals surface area contributed by atoms with Gasteiger partial charge in [0.1, 0.15) is 11.8 Å². The highest BCUT2D eigenvalue weighted by Gasteiger charge is 2.22. The number of hydrogen-bond donors (Lipinski definition) is 0. The summed E-state index contributed by atoms with van der Waals surface area (Å²) in [4.78, 5) is 12.8. The Labute approximate surface area is 219 Å². The van der Waals surface area contributed by atoms with E-state index < -0.39 is 5.97 Å². The molecule has 0 radical (unpaired) electrons. The Hall–Kier alpha value is -2.60. The molecule has 3 heteroatoms. The van der Waals surface area contributed by atoms with Crippen molar-refractivity contribution in [2.24, 2.45) is 11.8 Å². The van der Waals surface area contributed by atoms with Gasteiger partial charge in [-0.25, -0.2) is 4.79 Å². The molecule has 1 aliphatic rings. The minimum atomic E-state index is -0.407. The van der Waals surface area contributed by atoms with Crippen LogP contribution in [0.5, 0.6) is 5.75 Å². The van der Waals surface area contributed by atoms with Crippen LogP contribution >= 0.6 is 0 Å². The molecule has 194 valence electrons. The monoisotopic (exact) mass is 487 g/mol. The summed E-state index contributed by atoms with van der Waals surface area (Å²) in [5, 5.41) is 9.55. The molecule has 0 atom stereocenters. The zero-order valence-corrected chi connectivity index (χ0v) is 22.7. The van der Waals surface area contributed by atoms with Crippen molar-refractivity contribution < 1.29 is 9.53 Å². The van der Waals surface area contributed by atoms with Crippen LogP contribution in [0.4, 0.5) is 0 Å². The second kappa shape index (κ2) is 14.8. The number of nitrogens with zero attached hydrogens (tertiary/aromatic N) is 1. The fraction of sp³-hybridized carbons (Fsp3) is 0.576. The molecule has 3 nitrogen and oxygen atoms in total. The lowest BCUT2D eigenvalue weighted by Crippen LogP contribution is -2.14. The van der Waals surface area contributed by atoms with Crippen molar-refractivity contribution in [2.45, 2.75) is 110 Å². The van der Waals surface area contributed by atoms with E-state index in [4.69, 9.17) is 4.74 Å². The van der Waals surface area contributed by atoms with E-state index in [2.05, 4.69) is 39.0 Å². The van der Waals surface area contributed by atoms with Gasteiger partial charge in [-0.05, 0) is 91.7 Å². The molecule has 0 saturated heterocycles. The third-order valence-corrected chi connectivity index (χ3v) is 7.81. The number of ether oxygens (including phenoxy) is 1. The van der Waals surface area contributed by atoms with Crippen LogP contribution in [-0.2, 0) is 6.42 Å². The number of nitriles is 1. The predicted molar refractivity (Wildman–Crippen MR) is 148 cm³/mol. The highest BCUT2D eigenvalue weighted by atomic mass is 16.5. The van der Waals surface area contributed by atoms with Gasteiger partial charge in [0.15, 0.2) is 0 Å². The van der Waals surface area contributed by atoms with Crippen LogP contribution < -0.4 is 4.74 Å². The van der Waals surface area contributed by atoms with Gasteiger partial charge in [0.25, 0.3) is 0 Å². The summed E-state index contributed by atoms with van der Waals surface area (Å²) in [5.74, 6) is 2.03. The van der Waals surface area contributed by atoms with Gasteiger partial charge in [-0.3, -0.25) is 0 Å². The Kier molecular flexibility index (Phi) is 11.5. The first-order valence-corrected chi connectivity index (χ1v) is 14.3. The molecule has 2 aromatic carbocycles. The molecule has 0 spiro atoms. The molecular weight excluding hydrogens is 442 g/mol. The van der Waals surface area contributed by atoms with E-state index in [-0.39, 0.29) is 0 Å². The highest BCUT2D eigenvalue weighted by Crippen LogP contribution is 2.38. The van der Waals surface area contributed by atoms with E-state index in [1.54, 1.807) is 6.07 Å². The smallest absolute Gasteiger partial charge is 0.343 e. The van der Waals surface area contributed by atoms with E-state index in [9.17, 15) is 10.1 Å². The maximum atomic E-state index is 12.8. The van der Waals surface area contributed by atoms with Crippen LogP contribution in [0.15, 0.2) is 42.5 Å².